The summed E-state index contributed by atoms with van der Waals surface area (Å²) in [6, 6.07) is 0. The second-order valence-corrected chi connectivity index (χ2v) is 5.41. The van der Waals surface area contributed by atoms with Crippen LogP contribution in [0.3, 0.4) is 0 Å². The smallest absolute Gasteiger partial charge is 0.306 e. The standard InChI is InChI=1S/C14H22O4/c1-14(2)10-17-9-12(15)7-5-3-4-6-8-13(16)18-11-14/h3-4H,5-11H2,1-2H3/b4-3+. The van der Waals surface area contributed by atoms with Crippen LogP contribution in [0.1, 0.15) is 39.5 Å². The number of Topliss-reactive ketones (excluding diaryl/α,β-unsaturated/α-hetero) is 1. The molecule has 1 heterocycles. The Morgan fingerprint density at radius 3 is 2.44 bits per heavy atom. The molecule has 0 amide bonds. The zero-order valence-corrected chi connectivity index (χ0v) is 11.2. The van der Waals surface area contributed by atoms with Gasteiger partial charge in [0.05, 0.1) is 13.2 Å². The highest BCUT2D eigenvalue weighted by molar-refractivity contribution is 5.79. The topological polar surface area (TPSA) is 52.6 Å². The Labute approximate surface area is 108 Å². The van der Waals surface area contributed by atoms with Gasteiger partial charge in [-0.25, -0.2) is 0 Å². The van der Waals surface area contributed by atoms with Crippen LogP contribution < -0.4 is 0 Å². The average Bonchev–Trinajstić information content (AvgIpc) is 2.30. The molecule has 0 N–H and O–H groups in total. The summed E-state index contributed by atoms with van der Waals surface area (Å²) >= 11 is 0. The number of rotatable bonds is 0. The third kappa shape index (κ3) is 6.55. The summed E-state index contributed by atoms with van der Waals surface area (Å²) in [6.45, 7) is 4.80. The molecule has 1 aliphatic heterocycles. The molecule has 0 spiro atoms. The van der Waals surface area contributed by atoms with Crippen molar-refractivity contribution in [2.45, 2.75) is 39.5 Å². The second kappa shape index (κ2) is 7.31. The Balaban J connectivity index is 2.52. The molecule has 0 saturated heterocycles. The van der Waals surface area contributed by atoms with E-state index in [4.69, 9.17) is 9.47 Å². The van der Waals surface area contributed by atoms with Crippen LogP contribution in [0, 0.1) is 5.41 Å². The number of ether oxygens (including phenoxy) is 2. The average molecular weight is 254 g/mol. The van der Waals surface area contributed by atoms with Crippen molar-refractivity contribution in [3.05, 3.63) is 12.2 Å². The van der Waals surface area contributed by atoms with E-state index in [-0.39, 0.29) is 23.8 Å². The van der Waals surface area contributed by atoms with Gasteiger partial charge in [-0.1, -0.05) is 26.0 Å². The number of carbonyl (C=O) groups is 2. The Morgan fingerprint density at radius 2 is 1.72 bits per heavy atom. The van der Waals surface area contributed by atoms with Gasteiger partial charge in [0.15, 0.2) is 5.78 Å². The summed E-state index contributed by atoms with van der Waals surface area (Å²) in [7, 11) is 0. The van der Waals surface area contributed by atoms with Crippen LogP contribution in [0.15, 0.2) is 12.2 Å². The Hall–Kier alpha value is -1.16. The highest BCUT2D eigenvalue weighted by Gasteiger charge is 2.21. The Morgan fingerprint density at radius 1 is 1.06 bits per heavy atom. The van der Waals surface area contributed by atoms with Crippen molar-refractivity contribution < 1.29 is 19.1 Å². The van der Waals surface area contributed by atoms with E-state index in [0.717, 1.165) is 0 Å². The summed E-state index contributed by atoms with van der Waals surface area (Å²) in [4.78, 5) is 22.9. The molecule has 0 aliphatic carbocycles. The monoisotopic (exact) mass is 254 g/mol. The zero-order chi connectivity index (χ0) is 13.4. The number of ketones is 1. The molecule has 0 bridgehead atoms. The SMILES string of the molecule is CC1(C)COCC(=O)CC/C=C/CCC(=O)OC1. The van der Waals surface area contributed by atoms with Crippen molar-refractivity contribution in [1.29, 1.82) is 0 Å². The first kappa shape index (κ1) is 14.9. The third-order valence-corrected chi connectivity index (χ3v) is 2.65. The highest BCUT2D eigenvalue weighted by Crippen LogP contribution is 2.17. The molecule has 102 valence electrons. The highest BCUT2D eigenvalue weighted by atomic mass is 16.5. The number of hydrogen-bond acceptors (Lipinski definition) is 4. The van der Waals surface area contributed by atoms with Gasteiger partial charge in [-0.3, -0.25) is 9.59 Å². The summed E-state index contributed by atoms with van der Waals surface area (Å²) in [5, 5.41) is 0. The molecule has 4 heteroatoms. The van der Waals surface area contributed by atoms with E-state index < -0.39 is 0 Å². The summed E-state index contributed by atoms with van der Waals surface area (Å²) < 4.78 is 10.6. The van der Waals surface area contributed by atoms with Crippen LogP contribution in [0.25, 0.3) is 0 Å². The van der Waals surface area contributed by atoms with Gasteiger partial charge in [-0.15, -0.1) is 0 Å². The molecule has 1 aliphatic rings. The summed E-state index contributed by atoms with van der Waals surface area (Å²) in [5.41, 5.74) is -0.254. The molecule has 0 aromatic heterocycles. The largest absolute Gasteiger partial charge is 0.465 e. The van der Waals surface area contributed by atoms with Crippen LogP contribution in [-0.4, -0.2) is 31.6 Å². The lowest BCUT2D eigenvalue weighted by Crippen LogP contribution is -2.28. The number of allylic oxidation sites excluding steroid dienone is 2. The van der Waals surface area contributed by atoms with Crippen LogP contribution in [0.5, 0.6) is 0 Å². The van der Waals surface area contributed by atoms with E-state index in [1.165, 1.54) is 0 Å². The van der Waals surface area contributed by atoms with Gasteiger partial charge in [0.2, 0.25) is 0 Å². The van der Waals surface area contributed by atoms with E-state index in [1.807, 2.05) is 26.0 Å². The first-order valence-electron chi connectivity index (χ1n) is 6.40. The fraction of sp³-hybridized carbons (Fsp3) is 0.714. The Bertz CT molecular complexity index is 318. The lowest BCUT2D eigenvalue weighted by Gasteiger charge is -2.23. The minimum atomic E-state index is -0.254. The number of hydrogen-bond donors (Lipinski definition) is 0. The van der Waals surface area contributed by atoms with E-state index in [2.05, 4.69) is 0 Å². The molecule has 0 aromatic carbocycles. The quantitative estimate of drug-likeness (QED) is 0.491. The maximum Gasteiger partial charge on any atom is 0.306 e. The summed E-state index contributed by atoms with van der Waals surface area (Å²) in [6.07, 6.45) is 6.13. The minimum Gasteiger partial charge on any atom is -0.465 e. The number of cyclic esters (lactones) is 1. The molecule has 18 heavy (non-hydrogen) atoms. The van der Waals surface area contributed by atoms with Gasteiger partial charge in [-0.05, 0) is 12.8 Å². The minimum absolute atomic E-state index is 0.115. The van der Waals surface area contributed by atoms with Gasteiger partial charge >= 0.3 is 5.97 Å². The molecule has 0 radical (unpaired) electrons. The van der Waals surface area contributed by atoms with E-state index >= 15 is 0 Å². The zero-order valence-electron chi connectivity index (χ0n) is 11.2. The van der Waals surface area contributed by atoms with Crippen molar-refractivity contribution in [1.82, 2.24) is 0 Å². The molecule has 0 aromatic rings. The van der Waals surface area contributed by atoms with Crippen molar-refractivity contribution in [2.75, 3.05) is 19.8 Å². The lowest BCUT2D eigenvalue weighted by molar-refractivity contribution is -0.148. The molecule has 4 nitrogen and oxygen atoms in total. The maximum absolute atomic E-state index is 11.5. The predicted octanol–water partition coefficient (Wildman–Crippen LogP) is 2.27. The van der Waals surface area contributed by atoms with Crippen molar-refractivity contribution in [3.63, 3.8) is 0 Å². The van der Waals surface area contributed by atoms with Crippen molar-refractivity contribution in [3.8, 4) is 0 Å². The van der Waals surface area contributed by atoms with Crippen molar-refractivity contribution in [2.24, 2.45) is 5.41 Å². The number of carbonyl (C=O) groups excluding carboxylic acids is 2. The molecule has 0 fully saturated rings. The third-order valence-electron chi connectivity index (χ3n) is 2.65. The molecule has 0 unspecified atom stereocenters. The first-order chi connectivity index (χ1) is 8.49. The molecule has 0 atom stereocenters. The van der Waals surface area contributed by atoms with Crippen LogP contribution in [-0.2, 0) is 19.1 Å². The van der Waals surface area contributed by atoms with Crippen LogP contribution >= 0.6 is 0 Å². The van der Waals surface area contributed by atoms with Gasteiger partial charge in [0.25, 0.3) is 0 Å². The van der Waals surface area contributed by atoms with Gasteiger partial charge < -0.3 is 9.47 Å². The molecule has 1 rings (SSSR count). The Kier molecular flexibility index (Phi) is 6.05. The van der Waals surface area contributed by atoms with Crippen LogP contribution in [0.4, 0.5) is 0 Å². The lowest BCUT2D eigenvalue weighted by atomic mass is 9.96. The second-order valence-electron chi connectivity index (χ2n) is 5.41. The first-order valence-corrected chi connectivity index (χ1v) is 6.40. The number of esters is 1. The van der Waals surface area contributed by atoms with Gasteiger partial charge in [0, 0.05) is 18.3 Å². The van der Waals surface area contributed by atoms with Crippen LogP contribution in [0.2, 0.25) is 0 Å². The van der Waals surface area contributed by atoms with E-state index in [0.29, 0.717) is 38.9 Å². The summed E-state index contributed by atoms with van der Waals surface area (Å²) in [5.74, 6) is -0.0645. The fourth-order valence-electron chi connectivity index (χ4n) is 1.58. The van der Waals surface area contributed by atoms with Gasteiger partial charge in [-0.2, -0.15) is 0 Å². The van der Waals surface area contributed by atoms with Gasteiger partial charge in [0.1, 0.15) is 6.61 Å². The molecular weight excluding hydrogens is 232 g/mol. The maximum atomic E-state index is 11.5. The van der Waals surface area contributed by atoms with E-state index in [9.17, 15) is 9.59 Å². The van der Waals surface area contributed by atoms with Crippen molar-refractivity contribution >= 4 is 11.8 Å². The van der Waals surface area contributed by atoms with E-state index in [1.54, 1.807) is 0 Å². The predicted molar refractivity (Wildman–Crippen MR) is 68.2 cm³/mol. The fourth-order valence-corrected chi connectivity index (χ4v) is 1.58. The normalized spacial score (nSPS) is 25.0. The molecule has 0 saturated carbocycles. The molecular formula is C14H22O4.